The van der Waals surface area contributed by atoms with E-state index in [4.69, 9.17) is 9.57 Å². The molecule has 0 aliphatic heterocycles. The van der Waals surface area contributed by atoms with Crippen molar-refractivity contribution in [1.29, 1.82) is 0 Å². The van der Waals surface area contributed by atoms with Crippen molar-refractivity contribution < 1.29 is 37.4 Å². The number of hydroxylamine groups is 1. The number of nitrogens with zero attached hydrogens (tertiary/aromatic N) is 2. The minimum absolute atomic E-state index is 0.188. The molecule has 210 valence electrons. The Balaban J connectivity index is 1.38. The maximum atomic E-state index is 12.4. The van der Waals surface area contributed by atoms with Gasteiger partial charge in [0, 0.05) is 24.4 Å². The van der Waals surface area contributed by atoms with Crippen LogP contribution in [0, 0.1) is 0 Å². The lowest BCUT2D eigenvalue weighted by atomic mass is 9.92. The van der Waals surface area contributed by atoms with Gasteiger partial charge >= 0.3 is 12.1 Å². The number of hydrogen-bond acceptors (Lipinski definition) is 6. The molecule has 1 saturated carbocycles. The molecule has 4 rings (SSSR count). The van der Waals surface area contributed by atoms with E-state index in [1.54, 1.807) is 31.4 Å². The number of benzene rings is 1. The molecule has 2 N–H and O–H groups in total. The van der Waals surface area contributed by atoms with Crippen molar-refractivity contribution in [3.8, 4) is 5.75 Å². The number of carboxylic acid groups (broad SMARTS) is 1. The molecule has 1 unspecified atom stereocenters. The number of hydrogen-bond donors (Lipinski definition) is 2. The smallest absolute Gasteiger partial charge is 0.411 e. The Hall–Kier alpha value is -3.57. The number of aromatic nitrogens is 2. The van der Waals surface area contributed by atoms with Crippen molar-refractivity contribution in [3.63, 3.8) is 0 Å². The third-order valence-corrected chi connectivity index (χ3v) is 6.59. The van der Waals surface area contributed by atoms with Gasteiger partial charge in [-0.25, -0.2) is 4.79 Å². The number of ether oxygens (including phenoxy) is 2. The van der Waals surface area contributed by atoms with Gasteiger partial charge < -0.3 is 19.1 Å². The zero-order valence-electron chi connectivity index (χ0n) is 21.7. The van der Waals surface area contributed by atoms with E-state index in [0.29, 0.717) is 24.5 Å². The third kappa shape index (κ3) is 7.96. The van der Waals surface area contributed by atoms with Crippen LogP contribution in [-0.2, 0) is 27.3 Å². The highest BCUT2D eigenvalue weighted by Crippen LogP contribution is 2.30. The molecule has 8 nitrogen and oxygen atoms in total. The highest BCUT2D eigenvalue weighted by atomic mass is 19.4. The van der Waals surface area contributed by atoms with Crippen LogP contribution >= 0.6 is 0 Å². The van der Waals surface area contributed by atoms with E-state index in [-0.39, 0.29) is 6.42 Å². The van der Waals surface area contributed by atoms with Crippen LogP contribution in [0.3, 0.4) is 0 Å². The lowest BCUT2D eigenvalue weighted by molar-refractivity contribution is -0.192. The molecule has 3 aromatic rings. The predicted octanol–water partition coefficient (Wildman–Crippen LogP) is 5.52. The fourth-order valence-corrected chi connectivity index (χ4v) is 4.67. The lowest BCUT2D eigenvalue weighted by Crippen LogP contribution is -2.31. The summed E-state index contributed by atoms with van der Waals surface area (Å²) in [5, 5.41) is 9.17. The number of carbonyl (C=O) groups is 1. The van der Waals surface area contributed by atoms with Crippen LogP contribution in [0.2, 0.25) is 0 Å². The zero-order valence-corrected chi connectivity index (χ0v) is 21.7. The summed E-state index contributed by atoms with van der Waals surface area (Å²) < 4.78 is 49.6. The number of allylic oxidation sites excluding steroid dienone is 1. The molecule has 0 amide bonds. The Kier molecular flexibility index (Phi) is 9.47. The van der Waals surface area contributed by atoms with Crippen molar-refractivity contribution in [2.24, 2.45) is 0 Å². The number of halogens is 3. The van der Waals surface area contributed by atoms with E-state index in [1.165, 1.54) is 24.8 Å². The predicted molar refractivity (Wildman–Crippen MR) is 139 cm³/mol. The second-order valence-corrected chi connectivity index (χ2v) is 9.43. The van der Waals surface area contributed by atoms with Crippen molar-refractivity contribution >= 4 is 22.7 Å². The quantitative estimate of drug-likeness (QED) is 0.289. The van der Waals surface area contributed by atoms with Crippen molar-refractivity contribution in [3.05, 3.63) is 65.5 Å². The van der Waals surface area contributed by atoms with Crippen LogP contribution in [0.25, 0.3) is 16.7 Å². The van der Waals surface area contributed by atoms with Gasteiger partial charge in [0.05, 0.1) is 30.4 Å². The summed E-state index contributed by atoms with van der Waals surface area (Å²) >= 11 is 0. The van der Waals surface area contributed by atoms with Gasteiger partial charge in [0.25, 0.3) is 0 Å². The van der Waals surface area contributed by atoms with E-state index >= 15 is 0 Å². The van der Waals surface area contributed by atoms with Crippen LogP contribution in [0.1, 0.15) is 43.2 Å². The topological polar surface area (TPSA) is 94.8 Å². The van der Waals surface area contributed by atoms with Gasteiger partial charge in [-0.3, -0.25) is 15.3 Å². The van der Waals surface area contributed by atoms with Crippen LogP contribution < -0.4 is 10.2 Å². The molecule has 1 fully saturated rings. The van der Waals surface area contributed by atoms with E-state index in [9.17, 15) is 23.1 Å². The van der Waals surface area contributed by atoms with E-state index in [0.717, 1.165) is 35.1 Å². The average Bonchev–Trinajstić information content (AvgIpc) is 3.32. The number of aliphatic carboxylic acids is 1. The number of fused-ring (bicyclic) bond motifs is 1. The molecular weight excluding hydrogens is 515 g/mol. The van der Waals surface area contributed by atoms with Crippen LogP contribution in [0.5, 0.6) is 5.75 Å². The van der Waals surface area contributed by atoms with Gasteiger partial charge in [-0.1, -0.05) is 18.6 Å². The Morgan fingerprint density at radius 3 is 2.56 bits per heavy atom. The SMILES string of the molecule is CONC(=C1CCCCC1)c1cnc2ccn(CCOc3ccc(CC(OCC(F)(F)F)C(=O)O)cc3)c2c1. The minimum Gasteiger partial charge on any atom is -0.492 e. The fourth-order valence-electron chi connectivity index (χ4n) is 4.67. The molecule has 0 spiro atoms. The van der Waals surface area contributed by atoms with Crippen molar-refractivity contribution in [2.75, 3.05) is 20.3 Å². The Bertz CT molecular complexity index is 1280. The second kappa shape index (κ2) is 13.0. The second-order valence-electron chi connectivity index (χ2n) is 9.43. The normalized spacial score (nSPS) is 14.8. The average molecular weight is 548 g/mol. The molecule has 0 saturated heterocycles. The zero-order chi connectivity index (χ0) is 27.8. The van der Waals surface area contributed by atoms with Crippen LogP contribution in [0.4, 0.5) is 13.2 Å². The van der Waals surface area contributed by atoms with Crippen molar-refractivity contribution in [1.82, 2.24) is 15.0 Å². The Morgan fingerprint density at radius 2 is 1.90 bits per heavy atom. The van der Waals surface area contributed by atoms with E-state index < -0.39 is 24.9 Å². The molecule has 1 atom stereocenters. The summed E-state index contributed by atoms with van der Waals surface area (Å²) in [6.07, 6.45) is 3.09. The highest BCUT2D eigenvalue weighted by molar-refractivity contribution is 5.80. The highest BCUT2D eigenvalue weighted by Gasteiger charge is 2.31. The Labute approximate surface area is 224 Å². The molecule has 2 heterocycles. The number of carboxylic acids is 1. The molecule has 0 bridgehead atoms. The van der Waals surface area contributed by atoms with Crippen LogP contribution in [-0.4, -0.2) is 53.2 Å². The molecular formula is C28H32F3N3O5. The molecule has 1 aromatic carbocycles. The maximum absolute atomic E-state index is 12.4. The van der Waals surface area contributed by atoms with Gasteiger partial charge in [-0.05, 0) is 61.1 Å². The first kappa shape index (κ1) is 28.4. The van der Waals surface area contributed by atoms with Gasteiger partial charge in [0.1, 0.15) is 19.0 Å². The molecule has 11 heteroatoms. The summed E-state index contributed by atoms with van der Waals surface area (Å²) in [4.78, 5) is 21.2. The maximum Gasteiger partial charge on any atom is 0.411 e. The third-order valence-electron chi connectivity index (χ3n) is 6.59. The first-order valence-electron chi connectivity index (χ1n) is 12.8. The summed E-state index contributed by atoms with van der Waals surface area (Å²) in [6, 6.07) is 10.6. The minimum atomic E-state index is -4.59. The summed E-state index contributed by atoms with van der Waals surface area (Å²) in [5.74, 6) is -0.887. The van der Waals surface area contributed by atoms with Crippen molar-refractivity contribution in [2.45, 2.75) is 57.3 Å². The molecule has 1 aliphatic carbocycles. The fraction of sp³-hybridized carbons (Fsp3) is 0.429. The van der Waals surface area contributed by atoms with E-state index in [2.05, 4.69) is 25.8 Å². The lowest BCUT2D eigenvalue weighted by Gasteiger charge is -2.20. The largest absolute Gasteiger partial charge is 0.492 e. The first-order chi connectivity index (χ1) is 18.7. The molecule has 2 aromatic heterocycles. The van der Waals surface area contributed by atoms with Gasteiger partial charge in [-0.15, -0.1) is 0 Å². The molecule has 39 heavy (non-hydrogen) atoms. The van der Waals surface area contributed by atoms with Gasteiger partial charge in [0.2, 0.25) is 0 Å². The standard InChI is InChI=1S/C28H32F3N3O5/c1-37-33-26(20-5-3-2-4-6-20)21-16-24-23(32-17-21)11-12-34(24)13-14-38-22-9-7-19(8-10-22)15-25(27(35)36)39-18-28(29,30)31/h7-12,16-17,25,33H,2-6,13-15,18H2,1H3,(H,35,36). The number of rotatable bonds is 12. The van der Waals surface area contributed by atoms with Gasteiger partial charge in [0.15, 0.2) is 6.10 Å². The summed E-state index contributed by atoms with van der Waals surface area (Å²) in [5.41, 5.74) is 8.72. The van der Waals surface area contributed by atoms with E-state index in [1.807, 2.05) is 18.5 Å². The number of alkyl halides is 3. The Morgan fingerprint density at radius 1 is 1.15 bits per heavy atom. The van der Waals surface area contributed by atoms with Gasteiger partial charge in [-0.2, -0.15) is 13.2 Å². The monoisotopic (exact) mass is 547 g/mol. The molecule has 0 radical (unpaired) electrons. The molecule has 1 aliphatic rings. The van der Waals surface area contributed by atoms with Crippen LogP contribution in [0.15, 0.2) is 54.4 Å². The first-order valence-corrected chi connectivity index (χ1v) is 12.8. The summed E-state index contributed by atoms with van der Waals surface area (Å²) in [6.45, 7) is -0.686. The number of pyridine rings is 1. The number of nitrogens with one attached hydrogen (secondary N) is 1. The summed E-state index contributed by atoms with van der Waals surface area (Å²) in [7, 11) is 1.61.